The summed E-state index contributed by atoms with van der Waals surface area (Å²) < 4.78 is 36.6. The van der Waals surface area contributed by atoms with Crippen LogP contribution in [0.5, 0.6) is 0 Å². The molecule has 17 heavy (non-hydrogen) atoms. The maximum absolute atomic E-state index is 13.0. The van der Waals surface area contributed by atoms with Gasteiger partial charge in [-0.2, -0.15) is 0 Å². The predicted octanol–water partition coefficient (Wildman–Crippen LogP) is 3.07. The maximum atomic E-state index is 13.0. The Morgan fingerprint density at radius 3 is 2.24 bits per heavy atom. The van der Waals surface area contributed by atoms with Crippen molar-refractivity contribution in [3.05, 3.63) is 35.4 Å². The Hall–Kier alpha value is -0.783. The molecule has 1 aromatic rings. The van der Waals surface area contributed by atoms with Crippen molar-refractivity contribution in [2.75, 3.05) is 13.2 Å². The van der Waals surface area contributed by atoms with Crippen molar-refractivity contribution >= 4 is 9.28 Å². The van der Waals surface area contributed by atoms with Crippen LogP contribution in [0.4, 0.5) is 8.78 Å². The zero-order chi connectivity index (χ0) is 12.7. The van der Waals surface area contributed by atoms with E-state index in [-0.39, 0.29) is 0 Å². The highest BCUT2D eigenvalue weighted by molar-refractivity contribution is 6.44. The third-order valence-corrected chi connectivity index (χ3v) is 4.09. The Balaban J connectivity index is 2.49. The van der Waals surface area contributed by atoms with Crippen LogP contribution in [0.3, 0.4) is 0 Å². The van der Waals surface area contributed by atoms with Crippen LogP contribution in [0.25, 0.3) is 0 Å². The van der Waals surface area contributed by atoms with E-state index >= 15 is 0 Å². The van der Waals surface area contributed by atoms with Crippen molar-refractivity contribution < 1.29 is 17.6 Å². The standard InChI is InChI=1S/C12H17F2O2Si/c1-3-15-17(16-4-2)8-7-10-5-6-11(13)12(14)9-10/h5-6,9H,3-4,7-8H2,1-2H3. The molecule has 0 saturated heterocycles. The molecule has 2 nitrogen and oxygen atoms in total. The Bertz CT molecular complexity index is 341. The van der Waals surface area contributed by atoms with Gasteiger partial charge in [0.15, 0.2) is 11.6 Å². The fraction of sp³-hybridized carbons (Fsp3) is 0.500. The molecule has 1 rings (SSSR count). The molecule has 0 saturated carbocycles. The molecule has 0 amide bonds. The molecule has 1 aromatic carbocycles. The van der Waals surface area contributed by atoms with Crippen LogP contribution in [0.2, 0.25) is 6.04 Å². The Labute approximate surface area is 102 Å². The molecule has 0 atom stereocenters. The van der Waals surface area contributed by atoms with E-state index in [1.54, 1.807) is 6.07 Å². The summed E-state index contributed by atoms with van der Waals surface area (Å²) in [6, 6.07) is 4.71. The molecule has 0 fully saturated rings. The van der Waals surface area contributed by atoms with Gasteiger partial charge >= 0.3 is 9.28 Å². The molecule has 0 unspecified atom stereocenters. The first-order valence-corrected chi connectivity index (χ1v) is 7.25. The highest BCUT2D eigenvalue weighted by Gasteiger charge is 2.14. The lowest BCUT2D eigenvalue weighted by molar-refractivity contribution is 0.213. The van der Waals surface area contributed by atoms with Crippen LogP contribution in [0.1, 0.15) is 19.4 Å². The largest absolute Gasteiger partial charge is 0.394 e. The molecule has 0 aliphatic rings. The van der Waals surface area contributed by atoms with E-state index in [9.17, 15) is 8.78 Å². The van der Waals surface area contributed by atoms with E-state index in [1.165, 1.54) is 6.07 Å². The SMILES string of the molecule is CCO[Si](CCc1ccc(F)c(F)c1)OCC. The minimum absolute atomic E-state index is 0.617. The van der Waals surface area contributed by atoms with Crippen LogP contribution in [0.15, 0.2) is 18.2 Å². The first kappa shape index (κ1) is 14.3. The number of benzene rings is 1. The summed E-state index contributed by atoms with van der Waals surface area (Å²) in [6.45, 7) is 5.07. The van der Waals surface area contributed by atoms with E-state index in [2.05, 4.69) is 0 Å². The molecule has 0 aromatic heterocycles. The average Bonchev–Trinajstić information content (AvgIpc) is 2.31. The van der Waals surface area contributed by atoms with E-state index in [1.807, 2.05) is 13.8 Å². The lowest BCUT2D eigenvalue weighted by atomic mass is 10.2. The van der Waals surface area contributed by atoms with Gasteiger partial charge in [0.25, 0.3) is 0 Å². The molecular weight excluding hydrogens is 242 g/mol. The number of rotatable bonds is 7. The summed E-state index contributed by atoms with van der Waals surface area (Å²) in [4.78, 5) is 0. The number of hydrogen-bond acceptors (Lipinski definition) is 2. The van der Waals surface area contributed by atoms with Crippen LogP contribution < -0.4 is 0 Å². The lowest BCUT2D eigenvalue weighted by Crippen LogP contribution is -2.23. The number of aryl methyl sites for hydroxylation is 1. The molecule has 0 aliphatic carbocycles. The fourth-order valence-corrected chi connectivity index (χ4v) is 2.96. The minimum Gasteiger partial charge on any atom is -0.394 e. The molecule has 1 radical (unpaired) electrons. The van der Waals surface area contributed by atoms with Gasteiger partial charge < -0.3 is 8.85 Å². The van der Waals surface area contributed by atoms with Crippen LogP contribution >= 0.6 is 0 Å². The van der Waals surface area contributed by atoms with Gasteiger partial charge in [-0.15, -0.1) is 0 Å². The van der Waals surface area contributed by atoms with Gasteiger partial charge in [0.05, 0.1) is 0 Å². The van der Waals surface area contributed by atoms with Crippen molar-refractivity contribution in [2.24, 2.45) is 0 Å². The van der Waals surface area contributed by atoms with E-state index in [4.69, 9.17) is 8.85 Å². The second kappa shape index (κ2) is 7.52. The van der Waals surface area contributed by atoms with Crippen LogP contribution in [-0.4, -0.2) is 22.5 Å². The Kier molecular flexibility index (Phi) is 6.32. The minimum atomic E-state index is -1.28. The van der Waals surface area contributed by atoms with Crippen molar-refractivity contribution in [1.82, 2.24) is 0 Å². The van der Waals surface area contributed by atoms with Crippen LogP contribution in [0, 0.1) is 11.6 Å². The highest BCUT2D eigenvalue weighted by atomic mass is 28.3. The molecule has 0 spiro atoms. The van der Waals surface area contributed by atoms with E-state index < -0.39 is 20.9 Å². The monoisotopic (exact) mass is 259 g/mol. The number of halogens is 2. The van der Waals surface area contributed by atoms with Gasteiger partial charge in [-0.1, -0.05) is 6.07 Å². The summed E-state index contributed by atoms with van der Waals surface area (Å²) >= 11 is 0. The normalized spacial score (nSPS) is 11.1. The van der Waals surface area contributed by atoms with E-state index in [0.717, 1.165) is 17.7 Å². The van der Waals surface area contributed by atoms with E-state index in [0.29, 0.717) is 19.6 Å². The molecular formula is C12H17F2O2Si. The number of hydrogen-bond donors (Lipinski definition) is 0. The topological polar surface area (TPSA) is 18.5 Å². The average molecular weight is 259 g/mol. The van der Waals surface area contributed by atoms with Gasteiger partial charge in [0, 0.05) is 13.2 Å². The summed E-state index contributed by atoms with van der Waals surface area (Å²) in [5.41, 5.74) is 0.769. The summed E-state index contributed by atoms with van der Waals surface area (Å²) in [7, 11) is -1.28. The third kappa shape index (κ3) is 4.93. The van der Waals surface area contributed by atoms with Gasteiger partial charge in [-0.25, -0.2) is 8.78 Å². The smallest absolute Gasteiger partial charge is 0.384 e. The second-order valence-electron chi connectivity index (χ2n) is 3.49. The first-order valence-electron chi connectivity index (χ1n) is 5.72. The first-order chi connectivity index (χ1) is 8.17. The highest BCUT2D eigenvalue weighted by Crippen LogP contribution is 2.12. The Morgan fingerprint density at radius 2 is 1.71 bits per heavy atom. The van der Waals surface area contributed by atoms with Crippen molar-refractivity contribution in [1.29, 1.82) is 0 Å². The summed E-state index contributed by atoms with van der Waals surface area (Å²) in [6.07, 6.45) is 0.644. The van der Waals surface area contributed by atoms with Crippen molar-refractivity contribution in [3.63, 3.8) is 0 Å². The third-order valence-electron chi connectivity index (χ3n) is 2.21. The van der Waals surface area contributed by atoms with Crippen molar-refractivity contribution in [2.45, 2.75) is 26.3 Å². The van der Waals surface area contributed by atoms with Gasteiger partial charge in [0.1, 0.15) is 0 Å². The quantitative estimate of drug-likeness (QED) is 0.701. The molecule has 0 bridgehead atoms. The summed E-state index contributed by atoms with van der Waals surface area (Å²) in [5, 5.41) is 0. The van der Waals surface area contributed by atoms with Crippen LogP contribution in [-0.2, 0) is 15.3 Å². The van der Waals surface area contributed by atoms with Gasteiger partial charge in [-0.05, 0) is 44.0 Å². The fourth-order valence-electron chi connectivity index (χ4n) is 1.45. The predicted molar refractivity (Wildman–Crippen MR) is 63.9 cm³/mol. The zero-order valence-corrected chi connectivity index (χ0v) is 11.1. The molecule has 95 valence electrons. The molecule has 0 N–H and O–H groups in total. The Morgan fingerprint density at radius 1 is 1.06 bits per heavy atom. The molecule has 5 heteroatoms. The second-order valence-corrected chi connectivity index (χ2v) is 5.31. The molecule has 0 heterocycles. The summed E-state index contributed by atoms with van der Waals surface area (Å²) in [5.74, 6) is -1.61. The lowest BCUT2D eigenvalue weighted by Gasteiger charge is -2.12. The van der Waals surface area contributed by atoms with Gasteiger partial charge in [-0.3, -0.25) is 0 Å². The zero-order valence-electron chi connectivity index (χ0n) is 10.1. The van der Waals surface area contributed by atoms with Crippen molar-refractivity contribution in [3.8, 4) is 0 Å². The molecule has 0 aliphatic heterocycles. The van der Waals surface area contributed by atoms with Gasteiger partial charge in [0.2, 0.25) is 0 Å². The maximum Gasteiger partial charge on any atom is 0.384 e.